The zero-order chi connectivity index (χ0) is 14.1. The SMILES string of the molecule is O=C(O)N[C@H]1CCC[C@@H]1Nc1nc(Cl)nc2c1SCC2. The summed E-state index contributed by atoms with van der Waals surface area (Å²) in [6.07, 6.45) is 2.68. The number of rotatable bonds is 3. The molecule has 8 heteroatoms. The van der Waals surface area contributed by atoms with Crippen LogP contribution < -0.4 is 10.6 Å². The van der Waals surface area contributed by atoms with E-state index in [0.29, 0.717) is 0 Å². The number of thioether (sulfide) groups is 1. The summed E-state index contributed by atoms with van der Waals surface area (Å²) in [7, 11) is 0. The van der Waals surface area contributed by atoms with Crippen molar-refractivity contribution in [1.29, 1.82) is 0 Å². The van der Waals surface area contributed by atoms with Crippen LogP contribution in [0.3, 0.4) is 0 Å². The lowest BCUT2D eigenvalue weighted by Gasteiger charge is -2.22. The smallest absolute Gasteiger partial charge is 0.404 e. The van der Waals surface area contributed by atoms with E-state index >= 15 is 0 Å². The number of nitrogens with zero attached hydrogens (tertiary/aromatic N) is 2. The molecule has 3 N–H and O–H groups in total. The summed E-state index contributed by atoms with van der Waals surface area (Å²) in [5, 5.41) is 15.0. The number of fused-ring (bicyclic) bond motifs is 1. The number of anilines is 1. The number of aromatic nitrogens is 2. The van der Waals surface area contributed by atoms with Crippen molar-refractivity contribution >= 4 is 35.3 Å². The first-order valence-corrected chi connectivity index (χ1v) is 7.95. The predicted octanol–water partition coefficient (Wildman–Crippen LogP) is 2.38. The van der Waals surface area contributed by atoms with Gasteiger partial charge in [0.15, 0.2) is 0 Å². The van der Waals surface area contributed by atoms with Gasteiger partial charge >= 0.3 is 6.09 Å². The molecule has 1 aromatic rings. The molecule has 1 aliphatic carbocycles. The topological polar surface area (TPSA) is 87.1 Å². The minimum Gasteiger partial charge on any atom is -0.465 e. The van der Waals surface area contributed by atoms with Crippen LogP contribution in [-0.4, -0.2) is 39.0 Å². The molecule has 2 aliphatic rings. The molecule has 1 aliphatic heterocycles. The number of nitrogens with one attached hydrogen (secondary N) is 2. The summed E-state index contributed by atoms with van der Waals surface area (Å²) in [5.74, 6) is 1.73. The molecule has 0 saturated heterocycles. The fourth-order valence-electron chi connectivity index (χ4n) is 2.78. The lowest BCUT2D eigenvalue weighted by atomic mass is 10.1. The van der Waals surface area contributed by atoms with Crippen molar-refractivity contribution < 1.29 is 9.90 Å². The molecule has 0 spiro atoms. The second-order valence-electron chi connectivity index (χ2n) is 4.95. The first-order valence-electron chi connectivity index (χ1n) is 6.58. The van der Waals surface area contributed by atoms with Crippen molar-refractivity contribution in [3.63, 3.8) is 0 Å². The standard InChI is InChI=1S/C12H15ClN4O2S/c13-11-15-8-4-5-20-9(8)10(17-11)14-6-2-1-3-7(6)16-12(18)19/h6-7,16H,1-5H2,(H,18,19)(H,14,15,17)/t6-,7-/m0/s1. The Balaban J connectivity index is 1.79. The Morgan fingerprint density at radius 1 is 1.35 bits per heavy atom. The Morgan fingerprint density at radius 3 is 2.95 bits per heavy atom. The van der Waals surface area contributed by atoms with Crippen LogP contribution in [0.15, 0.2) is 4.90 Å². The first kappa shape index (κ1) is 13.8. The summed E-state index contributed by atoms with van der Waals surface area (Å²) >= 11 is 7.67. The summed E-state index contributed by atoms with van der Waals surface area (Å²) in [6, 6.07) is -0.0225. The molecule has 1 aromatic heterocycles. The van der Waals surface area contributed by atoms with E-state index in [1.54, 1.807) is 11.8 Å². The summed E-state index contributed by atoms with van der Waals surface area (Å²) in [4.78, 5) is 20.4. The first-order chi connectivity index (χ1) is 9.63. The van der Waals surface area contributed by atoms with Crippen molar-refractivity contribution in [2.75, 3.05) is 11.1 Å². The molecular formula is C12H15ClN4O2S. The highest BCUT2D eigenvalue weighted by Crippen LogP contribution is 2.37. The van der Waals surface area contributed by atoms with Gasteiger partial charge in [0.1, 0.15) is 5.82 Å². The highest BCUT2D eigenvalue weighted by molar-refractivity contribution is 7.99. The summed E-state index contributed by atoms with van der Waals surface area (Å²) in [5.41, 5.74) is 0.984. The second kappa shape index (κ2) is 5.65. The number of halogens is 1. The molecule has 0 bridgehead atoms. The van der Waals surface area contributed by atoms with E-state index in [-0.39, 0.29) is 17.4 Å². The summed E-state index contributed by atoms with van der Waals surface area (Å²) in [6.45, 7) is 0. The minimum absolute atomic E-state index is 0.0577. The molecule has 6 nitrogen and oxygen atoms in total. The van der Waals surface area contributed by atoms with Crippen LogP contribution in [0.1, 0.15) is 25.0 Å². The minimum atomic E-state index is -0.982. The number of carboxylic acid groups (broad SMARTS) is 1. The number of hydrogen-bond donors (Lipinski definition) is 3. The predicted molar refractivity (Wildman–Crippen MR) is 77.7 cm³/mol. The Morgan fingerprint density at radius 2 is 2.15 bits per heavy atom. The molecule has 108 valence electrons. The highest BCUT2D eigenvalue weighted by Gasteiger charge is 2.30. The molecule has 0 unspecified atom stereocenters. The average Bonchev–Trinajstić information content (AvgIpc) is 2.98. The largest absolute Gasteiger partial charge is 0.465 e. The van der Waals surface area contributed by atoms with Gasteiger partial charge in [-0.15, -0.1) is 11.8 Å². The van der Waals surface area contributed by atoms with Crippen molar-refractivity contribution in [1.82, 2.24) is 15.3 Å². The van der Waals surface area contributed by atoms with Crippen LogP contribution in [0.5, 0.6) is 0 Å². The van der Waals surface area contributed by atoms with Gasteiger partial charge in [-0.25, -0.2) is 9.78 Å². The maximum Gasteiger partial charge on any atom is 0.404 e. The normalized spacial score (nSPS) is 24.4. The van der Waals surface area contributed by atoms with Crippen LogP contribution in [0.4, 0.5) is 10.6 Å². The van der Waals surface area contributed by atoms with Gasteiger partial charge in [0.05, 0.1) is 16.6 Å². The van der Waals surface area contributed by atoms with Gasteiger partial charge in [0.2, 0.25) is 5.28 Å². The van der Waals surface area contributed by atoms with E-state index in [0.717, 1.165) is 47.8 Å². The molecule has 3 rings (SSSR count). The third kappa shape index (κ3) is 2.78. The molecular weight excluding hydrogens is 300 g/mol. The fraction of sp³-hybridized carbons (Fsp3) is 0.583. The quantitative estimate of drug-likeness (QED) is 0.743. The van der Waals surface area contributed by atoms with E-state index in [1.807, 2.05) is 0 Å². The maximum absolute atomic E-state index is 10.8. The van der Waals surface area contributed by atoms with Gasteiger partial charge in [0.25, 0.3) is 0 Å². The average molecular weight is 315 g/mol. The van der Waals surface area contributed by atoms with E-state index < -0.39 is 6.09 Å². The monoisotopic (exact) mass is 314 g/mol. The van der Waals surface area contributed by atoms with Crippen molar-refractivity contribution in [3.05, 3.63) is 11.0 Å². The maximum atomic E-state index is 10.8. The Labute approximate surface area is 125 Å². The zero-order valence-electron chi connectivity index (χ0n) is 10.7. The Hall–Kier alpha value is -1.21. The molecule has 20 heavy (non-hydrogen) atoms. The van der Waals surface area contributed by atoms with Crippen LogP contribution in [0.2, 0.25) is 5.28 Å². The molecule has 2 heterocycles. The number of aryl methyl sites for hydroxylation is 1. The van der Waals surface area contributed by atoms with Gasteiger partial charge in [-0.1, -0.05) is 0 Å². The fourth-order valence-corrected chi connectivity index (χ4v) is 4.02. The third-order valence-corrected chi connectivity index (χ3v) is 4.94. The Kier molecular flexibility index (Phi) is 3.89. The zero-order valence-corrected chi connectivity index (χ0v) is 12.3. The van der Waals surface area contributed by atoms with E-state index in [9.17, 15) is 4.79 Å². The van der Waals surface area contributed by atoms with Gasteiger partial charge < -0.3 is 15.7 Å². The van der Waals surface area contributed by atoms with Crippen molar-refractivity contribution in [3.8, 4) is 0 Å². The molecule has 1 saturated carbocycles. The number of hydrogen-bond acceptors (Lipinski definition) is 5. The molecule has 1 fully saturated rings. The molecule has 0 aromatic carbocycles. The van der Waals surface area contributed by atoms with Gasteiger partial charge in [-0.05, 0) is 30.9 Å². The van der Waals surface area contributed by atoms with Crippen LogP contribution >= 0.6 is 23.4 Å². The van der Waals surface area contributed by atoms with Gasteiger partial charge in [-0.3, -0.25) is 0 Å². The molecule has 0 radical (unpaired) electrons. The van der Waals surface area contributed by atoms with E-state index in [1.165, 1.54) is 0 Å². The lowest BCUT2D eigenvalue weighted by Crippen LogP contribution is -2.42. The summed E-state index contributed by atoms with van der Waals surface area (Å²) < 4.78 is 0. The lowest BCUT2D eigenvalue weighted by molar-refractivity contribution is 0.189. The van der Waals surface area contributed by atoms with E-state index in [2.05, 4.69) is 20.6 Å². The van der Waals surface area contributed by atoms with E-state index in [4.69, 9.17) is 16.7 Å². The van der Waals surface area contributed by atoms with Gasteiger partial charge in [0, 0.05) is 18.2 Å². The van der Waals surface area contributed by atoms with Crippen LogP contribution in [-0.2, 0) is 6.42 Å². The number of amides is 1. The third-order valence-electron chi connectivity index (χ3n) is 3.64. The van der Waals surface area contributed by atoms with Crippen LogP contribution in [0, 0.1) is 0 Å². The van der Waals surface area contributed by atoms with Crippen molar-refractivity contribution in [2.45, 2.75) is 42.7 Å². The molecule has 1 amide bonds. The second-order valence-corrected chi connectivity index (χ2v) is 6.40. The van der Waals surface area contributed by atoms with Crippen LogP contribution in [0.25, 0.3) is 0 Å². The highest BCUT2D eigenvalue weighted by atomic mass is 35.5. The van der Waals surface area contributed by atoms with Crippen molar-refractivity contribution in [2.24, 2.45) is 0 Å². The number of carbonyl (C=O) groups is 1. The Bertz CT molecular complexity index is 542. The van der Waals surface area contributed by atoms with Gasteiger partial charge in [-0.2, -0.15) is 4.98 Å². The molecule has 2 atom stereocenters.